The van der Waals surface area contributed by atoms with E-state index in [2.05, 4.69) is 0 Å². The van der Waals surface area contributed by atoms with Crippen LogP contribution in [0.1, 0.15) is 38.8 Å². The SMILES string of the molecule is COc1ccc(C)c(C2(OC(C)=O)C(=O)c3ccccc3C2=O)c1. The largest absolute Gasteiger partial charge is 0.497 e. The summed E-state index contributed by atoms with van der Waals surface area (Å²) in [6, 6.07) is 11.5. The van der Waals surface area contributed by atoms with E-state index in [1.54, 1.807) is 49.4 Å². The van der Waals surface area contributed by atoms with E-state index in [1.165, 1.54) is 14.0 Å². The summed E-state index contributed by atoms with van der Waals surface area (Å²) >= 11 is 0. The van der Waals surface area contributed by atoms with Crippen molar-refractivity contribution in [3.8, 4) is 5.75 Å². The Hall–Kier alpha value is -2.95. The molecule has 2 aromatic carbocycles. The van der Waals surface area contributed by atoms with Gasteiger partial charge in [0.05, 0.1) is 7.11 Å². The summed E-state index contributed by atoms with van der Waals surface area (Å²) in [5, 5.41) is 0. The second kappa shape index (κ2) is 5.60. The van der Waals surface area contributed by atoms with Crippen molar-refractivity contribution in [1.82, 2.24) is 0 Å². The van der Waals surface area contributed by atoms with Gasteiger partial charge in [0.1, 0.15) is 5.75 Å². The summed E-state index contributed by atoms with van der Waals surface area (Å²) in [7, 11) is 1.49. The molecule has 2 aromatic rings. The zero-order valence-electron chi connectivity index (χ0n) is 13.6. The Balaban J connectivity index is 2.31. The van der Waals surface area contributed by atoms with E-state index in [0.717, 1.165) is 0 Å². The number of ketones is 2. The molecule has 0 atom stereocenters. The van der Waals surface area contributed by atoms with Gasteiger partial charge < -0.3 is 9.47 Å². The average molecular weight is 324 g/mol. The first-order valence-electron chi connectivity index (χ1n) is 7.45. The molecule has 0 aromatic heterocycles. The molecule has 0 N–H and O–H groups in total. The van der Waals surface area contributed by atoms with Crippen molar-refractivity contribution in [1.29, 1.82) is 0 Å². The predicted octanol–water partition coefficient (Wildman–Crippen LogP) is 2.84. The van der Waals surface area contributed by atoms with Gasteiger partial charge in [0.25, 0.3) is 5.60 Å². The molecule has 0 unspecified atom stereocenters. The highest BCUT2D eigenvalue weighted by Crippen LogP contribution is 2.43. The van der Waals surface area contributed by atoms with Crippen LogP contribution in [0.2, 0.25) is 0 Å². The van der Waals surface area contributed by atoms with Crippen LogP contribution in [0.4, 0.5) is 0 Å². The van der Waals surface area contributed by atoms with E-state index in [-0.39, 0.29) is 11.1 Å². The minimum Gasteiger partial charge on any atom is -0.497 e. The number of ether oxygens (including phenoxy) is 2. The zero-order valence-corrected chi connectivity index (χ0v) is 13.6. The highest BCUT2D eigenvalue weighted by Gasteiger charge is 2.58. The van der Waals surface area contributed by atoms with Crippen molar-refractivity contribution in [3.05, 3.63) is 64.7 Å². The Labute approximate surface area is 139 Å². The van der Waals surface area contributed by atoms with Crippen molar-refractivity contribution in [2.24, 2.45) is 0 Å². The molecule has 0 amide bonds. The summed E-state index contributed by atoms with van der Waals surface area (Å²) < 4.78 is 10.6. The number of Topliss-reactive ketones (excluding diaryl/α,β-unsaturated/α-hetero) is 2. The first-order valence-corrected chi connectivity index (χ1v) is 7.45. The van der Waals surface area contributed by atoms with Crippen molar-refractivity contribution >= 4 is 17.5 Å². The zero-order chi connectivity index (χ0) is 17.5. The Morgan fingerprint density at radius 3 is 2.08 bits per heavy atom. The lowest BCUT2D eigenvalue weighted by Crippen LogP contribution is -2.43. The third-order valence-corrected chi connectivity index (χ3v) is 4.18. The first-order chi connectivity index (χ1) is 11.4. The average Bonchev–Trinajstić information content (AvgIpc) is 2.78. The molecule has 0 saturated heterocycles. The van der Waals surface area contributed by atoms with Crippen LogP contribution in [0.3, 0.4) is 0 Å². The molecule has 0 saturated carbocycles. The van der Waals surface area contributed by atoms with E-state index in [4.69, 9.17) is 9.47 Å². The van der Waals surface area contributed by atoms with E-state index >= 15 is 0 Å². The summed E-state index contributed by atoms with van der Waals surface area (Å²) in [6.07, 6.45) is 0. The van der Waals surface area contributed by atoms with Gasteiger partial charge in [-0.05, 0) is 24.6 Å². The van der Waals surface area contributed by atoms with Gasteiger partial charge in [-0.1, -0.05) is 30.3 Å². The molecule has 24 heavy (non-hydrogen) atoms. The summed E-state index contributed by atoms with van der Waals surface area (Å²) in [6.45, 7) is 2.93. The molecule has 0 radical (unpaired) electrons. The molecule has 0 aliphatic heterocycles. The third kappa shape index (κ3) is 2.12. The monoisotopic (exact) mass is 324 g/mol. The molecule has 5 nitrogen and oxygen atoms in total. The van der Waals surface area contributed by atoms with Crippen LogP contribution in [-0.4, -0.2) is 24.6 Å². The Kier molecular flexibility index (Phi) is 3.72. The highest BCUT2D eigenvalue weighted by molar-refractivity contribution is 6.32. The Bertz CT molecular complexity index is 831. The standard InChI is InChI=1S/C19H16O5/c1-11-8-9-13(23-3)10-16(11)19(24-12(2)20)17(21)14-6-4-5-7-15(14)18(19)22/h4-10H,1-3H3. The fourth-order valence-corrected chi connectivity index (χ4v) is 3.08. The number of carbonyl (C=O) groups excluding carboxylic acids is 3. The van der Waals surface area contributed by atoms with Crippen molar-refractivity contribution in [2.75, 3.05) is 7.11 Å². The van der Waals surface area contributed by atoms with Crippen LogP contribution in [0.5, 0.6) is 5.75 Å². The summed E-state index contributed by atoms with van der Waals surface area (Å²) in [5.74, 6) is -1.30. The Morgan fingerprint density at radius 1 is 1.00 bits per heavy atom. The van der Waals surface area contributed by atoms with Gasteiger partial charge in [0.2, 0.25) is 11.6 Å². The summed E-state index contributed by atoms with van der Waals surface area (Å²) in [4.78, 5) is 37.9. The maximum absolute atomic E-state index is 13.1. The lowest BCUT2D eigenvalue weighted by Gasteiger charge is -2.27. The van der Waals surface area contributed by atoms with Gasteiger partial charge >= 0.3 is 5.97 Å². The molecule has 1 aliphatic carbocycles. The number of hydrogen-bond donors (Lipinski definition) is 0. The lowest BCUT2D eigenvalue weighted by atomic mass is 9.85. The minimum atomic E-state index is -1.99. The second-order valence-corrected chi connectivity index (χ2v) is 5.66. The molecular formula is C19H16O5. The molecule has 3 rings (SSSR count). The molecule has 0 spiro atoms. The maximum atomic E-state index is 13.1. The molecule has 0 heterocycles. The van der Waals surface area contributed by atoms with Gasteiger partial charge in [0.15, 0.2) is 0 Å². The number of hydrogen-bond acceptors (Lipinski definition) is 5. The fraction of sp³-hybridized carbons (Fsp3) is 0.211. The normalized spacial score (nSPS) is 15.1. The number of carbonyl (C=O) groups is 3. The highest BCUT2D eigenvalue weighted by atomic mass is 16.6. The second-order valence-electron chi connectivity index (χ2n) is 5.66. The van der Waals surface area contributed by atoms with Crippen LogP contribution in [0, 0.1) is 6.92 Å². The van der Waals surface area contributed by atoms with Crippen molar-refractivity contribution < 1.29 is 23.9 Å². The number of rotatable bonds is 3. The molecule has 0 bridgehead atoms. The van der Waals surface area contributed by atoms with Gasteiger partial charge in [-0.2, -0.15) is 0 Å². The molecule has 0 fully saturated rings. The van der Waals surface area contributed by atoms with Crippen LogP contribution in [0.15, 0.2) is 42.5 Å². The molecule has 5 heteroatoms. The number of benzene rings is 2. The van der Waals surface area contributed by atoms with Crippen LogP contribution < -0.4 is 4.74 Å². The maximum Gasteiger partial charge on any atom is 0.304 e. The van der Waals surface area contributed by atoms with Crippen molar-refractivity contribution in [2.45, 2.75) is 19.4 Å². The Morgan fingerprint density at radius 2 is 1.58 bits per heavy atom. The van der Waals surface area contributed by atoms with Gasteiger partial charge in [-0.25, -0.2) is 0 Å². The fourth-order valence-electron chi connectivity index (χ4n) is 3.08. The quantitative estimate of drug-likeness (QED) is 0.641. The molecule has 1 aliphatic rings. The predicted molar refractivity (Wildman–Crippen MR) is 86.3 cm³/mol. The molecule has 122 valence electrons. The molecular weight excluding hydrogens is 308 g/mol. The van der Waals surface area contributed by atoms with E-state index < -0.39 is 23.1 Å². The van der Waals surface area contributed by atoms with Crippen LogP contribution in [-0.2, 0) is 15.1 Å². The van der Waals surface area contributed by atoms with Gasteiger partial charge in [-0.3, -0.25) is 14.4 Å². The van der Waals surface area contributed by atoms with E-state index in [0.29, 0.717) is 16.9 Å². The number of methoxy groups -OCH3 is 1. The number of aryl methyl sites for hydroxylation is 1. The van der Waals surface area contributed by atoms with Gasteiger partial charge in [0, 0.05) is 23.6 Å². The number of esters is 1. The smallest absolute Gasteiger partial charge is 0.304 e. The van der Waals surface area contributed by atoms with E-state index in [9.17, 15) is 14.4 Å². The van der Waals surface area contributed by atoms with Crippen LogP contribution in [0.25, 0.3) is 0 Å². The third-order valence-electron chi connectivity index (χ3n) is 4.18. The van der Waals surface area contributed by atoms with Crippen molar-refractivity contribution in [3.63, 3.8) is 0 Å². The minimum absolute atomic E-state index is 0.256. The number of fused-ring (bicyclic) bond motifs is 1. The van der Waals surface area contributed by atoms with Gasteiger partial charge in [-0.15, -0.1) is 0 Å². The van der Waals surface area contributed by atoms with E-state index in [1.807, 2.05) is 0 Å². The summed E-state index contributed by atoms with van der Waals surface area (Å²) in [5.41, 5.74) is -0.500. The topological polar surface area (TPSA) is 69.7 Å². The lowest BCUT2D eigenvalue weighted by molar-refractivity contribution is -0.149. The van der Waals surface area contributed by atoms with Crippen LogP contribution >= 0.6 is 0 Å². The first kappa shape index (κ1) is 15.9.